The zero-order chi connectivity index (χ0) is 27.5. The molecule has 0 unspecified atom stereocenters. The van der Waals surface area contributed by atoms with Crippen molar-refractivity contribution in [3.05, 3.63) is 82.8 Å². The maximum atomic E-state index is 13.0. The number of nitrogens with one attached hydrogen (secondary N) is 3. The van der Waals surface area contributed by atoms with Crippen molar-refractivity contribution in [1.29, 1.82) is 0 Å². The predicted octanol–water partition coefficient (Wildman–Crippen LogP) is 5.99. The number of likely N-dealkylation sites (N-methyl/N-ethyl adjacent to an activating group) is 1. The first-order valence-electron chi connectivity index (χ1n) is 13.3. The number of carbonyl (C=O) groups is 2. The molecule has 200 valence electrons. The number of thiazole rings is 1. The molecule has 1 aliphatic heterocycles. The maximum Gasteiger partial charge on any atom is 0.256 e. The largest absolute Gasteiger partial charge is 0.358 e. The average molecular weight is 540 g/mol. The van der Waals surface area contributed by atoms with Crippen molar-refractivity contribution in [2.75, 3.05) is 31.5 Å². The molecule has 39 heavy (non-hydrogen) atoms. The van der Waals surface area contributed by atoms with Gasteiger partial charge in [0.25, 0.3) is 11.8 Å². The average Bonchev–Trinajstić information content (AvgIpc) is 3.63. The molecule has 0 aliphatic carbocycles. The molecular formula is C31H33N5O2S. The third-order valence-electron chi connectivity index (χ3n) is 7.21. The Kier molecular flexibility index (Phi) is 7.77. The summed E-state index contributed by atoms with van der Waals surface area (Å²) in [5.41, 5.74) is 7.23. The quantitative estimate of drug-likeness (QED) is 0.228. The highest BCUT2D eigenvalue weighted by atomic mass is 32.1. The van der Waals surface area contributed by atoms with Crippen LogP contribution in [0.2, 0.25) is 0 Å². The van der Waals surface area contributed by atoms with E-state index in [0.29, 0.717) is 17.7 Å². The molecule has 2 aromatic carbocycles. The summed E-state index contributed by atoms with van der Waals surface area (Å²) in [5.74, 6) is -0.266. The van der Waals surface area contributed by atoms with Crippen molar-refractivity contribution in [2.45, 2.75) is 27.7 Å². The van der Waals surface area contributed by atoms with Crippen LogP contribution < -0.4 is 10.6 Å². The Bertz CT molecular complexity index is 1550. The van der Waals surface area contributed by atoms with Gasteiger partial charge in [0.05, 0.1) is 16.0 Å². The molecule has 2 amide bonds. The van der Waals surface area contributed by atoms with Crippen LogP contribution in [0.1, 0.15) is 46.7 Å². The van der Waals surface area contributed by atoms with E-state index in [2.05, 4.69) is 51.5 Å². The molecule has 0 bridgehead atoms. The second-order valence-electron chi connectivity index (χ2n) is 9.61. The van der Waals surface area contributed by atoms with Crippen LogP contribution in [0.4, 0.5) is 5.69 Å². The fourth-order valence-corrected chi connectivity index (χ4v) is 5.88. The van der Waals surface area contributed by atoms with E-state index in [9.17, 15) is 9.59 Å². The minimum absolute atomic E-state index is 0.102. The summed E-state index contributed by atoms with van der Waals surface area (Å²) in [4.78, 5) is 37.3. The Morgan fingerprint density at radius 3 is 2.59 bits per heavy atom. The van der Waals surface area contributed by atoms with Gasteiger partial charge >= 0.3 is 0 Å². The van der Waals surface area contributed by atoms with Crippen molar-refractivity contribution >= 4 is 40.5 Å². The van der Waals surface area contributed by atoms with Crippen molar-refractivity contribution in [2.24, 2.45) is 0 Å². The van der Waals surface area contributed by atoms with Crippen LogP contribution in [0.15, 0.2) is 54.7 Å². The molecule has 7 nitrogen and oxygen atoms in total. The van der Waals surface area contributed by atoms with Crippen molar-refractivity contribution < 1.29 is 9.59 Å². The molecule has 4 aromatic rings. The molecule has 0 spiro atoms. The van der Waals surface area contributed by atoms with Crippen LogP contribution in [0, 0.1) is 13.8 Å². The Balaban J connectivity index is 1.41. The van der Waals surface area contributed by atoms with E-state index in [0.717, 1.165) is 68.8 Å². The van der Waals surface area contributed by atoms with Gasteiger partial charge in [-0.3, -0.25) is 9.59 Å². The highest BCUT2D eigenvalue weighted by molar-refractivity contribution is 7.18. The lowest BCUT2D eigenvalue weighted by Gasteiger charge is -2.18. The summed E-state index contributed by atoms with van der Waals surface area (Å²) in [6.07, 6.45) is 3.74. The number of fused-ring (bicyclic) bond motifs is 1. The number of aryl methyl sites for hydroxylation is 1. The zero-order valence-electron chi connectivity index (χ0n) is 22.7. The van der Waals surface area contributed by atoms with Crippen molar-refractivity contribution in [3.8, 4) is 21.0 Å². The standard InChI is InChI=1S/C31H33N5O2S/c1-5-36(6-2)15-14-32-30(38)28-19(3)26(34-20(28)4)17-24-23-16-22(12-13-25(23)35-29(24)37)31-33-18-27(39-31)21-10-8-7-9-11-21/h7-13,16-18,34H,5-6,14-15H2,1-4H3,(H,32,38)(H,35,37)/b24-17-. The molecule has 2 aromatic heterocycles. The fourth-order valence-electron chi connectivity index (χ4n) is 4.97. The van der Waals surface area contributed by atoms with Gasteiger partial charge in [0.2, 0.25) is 0 Å². The van der Waals surface area contributed by atoms with Crippen molar-refractivity contribution in [1.82, 2.24) is 20.2 Å². The number of hydrogen-bond acceptors (Lipinski definition) is 5. The monoisotopic (exact) mass is 539 g/mol. The fraction of sp³-hybridized carbons (Fsp3) is 0.258. The number of H-pyrrole nitrogens is 1. The summed E-state index contributed by atoms with van der Waals surface area (Å²) in [7, 11) is 0. The van der Waals surface area contributed by atoms with Gasteiger partial charge in [0.1, 0.15) is 5.01 Å². The van der Waals surface area contributed by atoms with E-state index in [-0.39, 0.29) is 11.8 Å². The molecule has 5 rings (SSSR count). The number of aromatic nitrogens is 2. The lowest BCUT2D eigenvalue weighted by Crippen LogP contribution is -2.35. The second-order valence-corrected chi connectivity index (χ2v) is 10.6. The summed E-state index contributed by atoms with van der Waals surface area (Å²) in [6, 6.07) is 16.1. The number of amides is 2. The van der Waals surface area contributed by atoms with E-state index in [1.807, 2.05) is 62.5 Å². The molecule has 3 heterocycles. The molecule has 8 heteroatoms. The van der Waals surface area contributed by atoms with Gasteiger partial charge in [0, 0.05) is 47.5 Å². The molecular weight excluding hydrogens is 506 g/mol. The van der Waals surface area contributed by atoms with E-state index in [1.54, 1.807) is 11.3 Å². The second kappa shape index (κ2) is 11.4. The van der Waals surface area contributed by atoms with Gasteiger partial charge in [-0.05, 0) is 62.3 Å². The lowest BCUT2D eigenvalue weighted by molar-refractivity contribution is -0.110. The number of anilines is 1. The number of hydrogen-bond donors (Lipinski definition) is 3. The highest BCUT2D eigenvalue weighted by Gasteiger charge is 2.26. The maximum absolute atomic E-state index is 13.0. The van der Waals surface area contributed by atoms with Crippen LogP contribution in [-0.4, -0.2) is 52.9 Å². The number of benzene rings is 2. The van der Waals surface area contributed by atoms with Gasteiger partial charge in [-0.15, -0.1) is 11.3 Å². The Hall–Kier alpha value is -4.01. The van der Waals surface area contributed by atoms with E-state index in [4.69, 9.17) is 0 Å². The third kappa shape index (κ3) is 5.44. The van der Waals surface area contributed by atoms with E-state index < -0.39 is 0 Å². The topological polar surface area (TPSA) is 90.1 Å². The molecule has 0 saturated heterocycles. The van der Waals surface area contributed by atoms with Gasteiger partial charge in [-0.1, -0.05) is 44.2 Å². The molecule has 0 fully saturated rings. The SMILES string of the molecule is CCN(CC)CCNC(=O)c1c(C)[nH]c(/C=C2\C(=O)Nc3ccc(-c4ncc(-c5ccccc5)s4)cc32)c1C. The summed E-state index contributed by atoms with van der Waals surface area (Å²) in [6.45, 7) is 11.3. The molecule has 3 N–H and O–H groups in total. The van der Waals surface area contributed by atoms with Crippen LogP contribution in [0.5, 0.6) is 0 Å². The lowest BCUT2D eigenvalue weighted by atomic mass is 10.0. The Morgan fingerprint density at radius 1 is 1.08 bits per heavy atom. The minimum Gasteiger partial charge on any atom is -0.358 e. The van der Waals surface area contributed by atoms with E-state index >= 15 is 0 Å². The van der Waals surface area contributed by atoms with Gasteiger partial charge in [-0.25, -0.2) is 4.98 Å². The smallest absolute Gasteiger partial charge is 0.256 e. The molecule has 0 atom stereocenters. The van der Waals surface area contributed by atoms with Crippen LogP contribution in [0.3, 0.4) is 0 Å². The van der Waals surface area contributed by atoms with Crippen molar-refractivity contribution in [3.63, 3.8) is 0 Å². The number of nitrogens with zero attached hydrogens (tertiary/aromatic N) is 2. The molecule has 0 saturated carbocycles. The van der Waals surface area contributed by atoms with Gasteiger partial charge in [-0.2, -0.15) is 0 Å². The Morgan fingerprint density at radius 2 is 1.85 bits per heavy atom. The molecule has 0 radical (unpaired) electrons. The van der Waals surface area contributed by atoms with Crippen LogP contribution in [-0.2, 0) is 4.79 Å². The summed E-state index contributed by atoms with van der Waals surface area (Å²) in [5, 5.41) is 6.91. The van der Waals surface area contributed by atoms with Crippen LogP contribution in [0.25, 0.3) is 32.7 Å². The van der Waals surface area contributed by atoms with Crippen LogP contribution >= 0.6 is 11.3 Å². The summed E-state index contributed by atoms with van der Waals surface area (Å²) >= 11 is 1.62. The van der Waals surface area contributed by atoms with Gasteiger partial charge < -0.3 is 20.5 Å². The number of aromatic amines is 1. The molecule has 1 aliphatic rings. The third-order valence-corrected chi connectivity index (χ3v) is 8.31. The highest BCUT2D eigenvalue weighted by Crippen LogP contribution is 2.39. The minimum atomic E-state index is -0.164. The number of carbonyl (C=O) groups excluding carboxylic acids is 2. The predicted molar refractivity (Wildman–Crippen MR) is 160 cm³/mol. The first-order valence-corrected chi connectivity index (χ1v) is 14.1. The Labute approximate surface area is 233 Å². The van der Waals surface area contributed by atoms with Gasteiger partial charge in [0.15, 0.2) is 0 Å². The van der Waals surface area contributed by atoms with E-state index in [1.165, 1.54) is 0 Å². The zero-order valence-corrected chi connectivity index (χ0v) is 23.5. The summed E-state index contributed by atoms with van der Waals surface area (Å²) < 4.78 is 0. The normalized spacial score (nSPS) is 13.7. The first kappa shape index (κ1) is 26.6. The number of rotatable bonds is 9. The first-order chi connectivity index (χ1) is 18.9.